The lowest BCUT2D eigenvalue weighted by molar-refractivity contribution is 0.413. The number of thioether (sulfide) groups is 18. The number of aryl methyl sites for hydroxylation is 2. The van der Waals surface area contributed by atoms with Gasteiger partial charge in [-0.25, -0.2) is 0 Å². The fourth-order valence-corrected chi connectivity index (χ4v) is 32.9. The number of rotatable bonds is 48. The number of hydrogen-bond acceptors (Lipinski definition) is 27. The molecule has 0 spiro atoms. The largest absolute Gasteiger partial charge is 0.497 e. The third-order valence-electron chi connectivity index (χ3n) is 18.7. The summed E-state index contributed by atoms with van der Waals surface area (Å²) in [5.74, 6) is 1.68. The smallest absolute Gasteiger partial charge is 0.120 e. The van der Waals surface area contributed by atoms with Gasteiger partial charge >= 0.3 is 0 Å². The lowest BCUT2D eigenvalue weighted by atomic mass is 10.2. The maximum absolute atomic E-state index is 5.31. The number of methoxy groups -OCH3 is 2. The first-order valence-corrected chi connectivity index (χ1v) is 69.0. The Kier molecular flexibility index (Phi) is 64.8. The van der Waals surface area contributed by atoms with E-state index in [4.69, 9.17) is 9.47 Å². The standard InChI is InChI=1S/C18H18O2S3.2C18H18S5.C18H18S3.C16H12Br2S3.2C16H14S3/c1-5-21-17-11-13(19-3)7-9-15(17)23-16-10-8-14(20-4)12-18(16)22-6-2;1-5-21-17-11-13(7-9-15(17)19-3)23-14-8-10-16(20-4)18(12-14)22-6-2;1-5-21-17-11-13(19-3)7-9-15(17)23-16-10-8-14(20-4)12-18(16)22-6-2;1-5-19-17-11-13(3)7-9-15(17)21-16-10-8-14(4)12-18(16)20-6-2;1-3-19-15-9-11(17)5-7-13(15)21-14-8-6-12(18)10-16(14)20-4-2;1-3-17-13-7-5-9-15(11-13)19-16-10-6-8-14(12-16)18-4-2;1-3-17-13-9-5-7-11-15(13)19-16-12-8-6-10-14(16)18-4-2/h3*5-12H,1-2H2,3-4H3;5-12H,1-2H2,3-4H3;3-10H,1-2H2;2*3-12H,1-2H2. The molecule has 14 rings (SSSR count). The molecule has 0 amide bonds. The van der Waals surface area contributed by atoms with Gasteiger partial charge in [0, 0.05) is 166 Å². The van der Waals surface area contributed by atoms with Crippen LogP contribution in [0.1, 0.15) is 11.1 Å². The molecular formula is C120H112Br2O2S25. The summed E-state index contributed by atoms with van der Waals surface area (Å²) in [5, 5.41) is 26.1. The maximum Gasteiger partial charge on any atom is 0.120 e. The van der Waals surface area contributed by atoms with Crippen molar-refractivity contribution in [3.05, 3.63) is 467 Å². The van der Waals surface area contributed by atoms with Gasteiger partial charge in [0.15, 0.2) is 0 Å². The molecule has 29 heteroatoms. The van der Waals surface area contributed by atoms with Crippen LogP contribution in [0, 0.1) is 13.8 Å². The SMILES string of the molecule is C=CSc1cc(Br)ccc1Sc1ccc(Br)cc1SC=C.C=CSc1cc(C)ccc1Sc1ccc(C)cc1SC=C.C=CSc1cc(OC)ccc1Sc1ccc(OC)cc1SC=C.C=CSc1cc(SC)ccc1Sc1ccc(SC)cc1SC=C.C=CSc1cc(Sc2ccc(SC)c(SC=C)c2)ccc1SC.C=CSc1cccc(Sc2cccc(SC=C)c2)c1.C=CSc1ccccc1Sc1ccccc1SC=C. The Bertz CT molecular complexity index is 6210. The van der Waals surface area contributed by atoms with E-state index in [0.717, 1.165) is 40.0 Å². The molecule has 0 saturated carbocycles. The zero-order valence-corrected chi connectivity index (χ0v) is 107. The minimum absolute atomic E-state index is 0.842. The molecule has 0 radical (unpaired) electrons. The zero-order valence-electron chi connectivity index (χ0n) is 83.3. The van der Waals surface area contributed by atoms with Crippen LogP contribution in [0.2, 0.25) is 0 Å². The molecule has 0 saturated heterocycles. The van der Waals surface area contributed by atoms with Gasteiger partial charge < -0.3 is 9.47 Å². The molecule has 0 fully saturated rings. The third-order valence-corrected chi connectivity index (χ3v) is 42.5. The van der Waals surface area contributed by atoms with Gasteiger partial charge in [0.1, 0.15) is 11.5 Å². The number of hydrogen-bond donors (Lipinski definition) is 0. The average Bonchev–Trinajstić information content (AvgIpc) is 0.827. The highest BCUT2D eigenvalue weighted by atomic mass is 79.9. The van der Waals surface area contributed by atoms with Crippen LogP contribution in [0.15, 0.2) is 612 Å². The van der Waals surface area contributed by atoms with Crippen LogP contribution in [-0.2, 0) is 0 Å². The molecule has 14 aromatic carbocycles. The normalized spacial score (nSPS) is 10.3. The Labute approximate surface area is 1010 Å². The Balaban J connectivity index is 0.000000212. The third kappa shape index (κ3) is 45.7. The van der Waals surface area contributed by atoms with E-state index in [1.54, 1.807) is 308 Å². The predicted octanol–water partition coefficient (Wildman–Crippen LogP) is 49.2. The van der Waals surface area contributed by atoms with Gasteiger partial charge in [-0.3, -0.25) is 0 Å². The summed E-state index contributed by atoms with van der Waals surface area (Å²) >= 11 is 49.6. The van der Waals surface area contributed by atoms with Crippen molar-refractivity contribution in [1.82, 2.24) is 0 Å². The van der Waals surface area contributed by atoms with E-state index in [1.807, 2.05) is 100.0 Å². The van der Waals surface area contributed by atoms with Crippen LogP contribution >= 0.6 is 326 Å². The van der Waals surface area contributed by atoms with Gasteiger partial charge in [0.2, 0.25) is 0 Å². The first kappa shape index (κ1) is 129. The summed E-state index contributed by atoms with van der Waals surface area (Å²) in [4.78, 5) is 39.5. The summed E-state index contributed by atoms with van der Waals surface area (Å²) in [6, 6.07) is 98.1. The van der Waals surface area contributed by atoms with Gasteiger partial charge in [0.25, 0.3) is 0 Å². The molecule has 0 heterocycles. The molecule has 0 aromatic heterocycles. The Morgan fingerprint density at radius 2 is 0.389 bits per heavy atom. The van der Waals surface area contributed by atoms with E-state index < -0.39 is 0 Å². The van der Waals surface area contributed by atoms with Crippen LogP contribution in [0.25, 0.3) is 0 Å². The van der Waals surface area contributed by atoms with Gasteiger partial charge in [0.05, 0.1) is 14.2 Å². The molecule has 0 atom stereocenters. The number of ether oxygens (including phenoxy) is 2. The van der Waals surface area contributed by atoms with E-state index in [-0.39, 0.29) is 0 Å². The fourth-order valence-electron chi connectivity index (χ4n) is 12.3. The van der Waals surface area contributed by atoms with Crippen molar-refractivity contribution in [1.29, 1.82) is 0 Å². The summed E-state index contributed by atoms with van der Waals surface area (Å²) in [6.07, 6.45) is 8.42. The topological polar surface area (TPSA) is 18.5 Å². The Morgan fingerprint density at radius 3 is 0.678 bits per heavy atom. The van der Waals surface area contributed by atoms with Gasteiger partial charge in [-0.05, 0) is 356 Å². The van der Waals surface area contributed by atoms with Crippen molar-refractivity contribution in [2.75, 3.05) is 39.2 Å². The van der Waals surface area contributed by atoms with Crippen LogP contribution < -0.4 is 9.47 Å². The molecule has 0 bridgehead atoms. The van der Waals surface area contributed by atoms with Crippen molar-refractivity contribution >= 4 is 326 Å². The van der Waals surface area contributed by atoms with Crippen LogP contribution in [0.5, 0.6) is 11.5 Å². The first-order valence-electron chi connectivity index (χ1n) is 44.5. The summed E-state index contributed by atoms with van der Waals surface area (Å²) < 4.78 is 12.8. The van der Waals surface area contributed by atoms with Crippen molar-refractivity contribution in [3.8, 4) is 11.5 Å². The number of benzene rings is 14. The highest BCUT2D eigenvalue weighted by Crippen LogP contribution is 2.50. The van der Waals surface area contributed by atoms with E-state index in [1.165, 1.54) is 148 Å². The minimum Gasteiger partial charge on any atom is -0.497 e. The average molecular weight is 2550 g/mol. The van der Waals surface area contributed by atoms with Crippen LogP contribution in [0.4, 0.5) is 0 Å². The molecule has 2 nitrogen and oxygen atoms in total. The minimum atomic E-state index is 0.842. The molecule has 0 aliphatic carbocycles. The summed E-state index contributed by atoms with van der Waals surface area (Å²) in [5.41, 5.74) is 2.54. The van der Waals surface area contributed by atoms with E-state index >= 15 is 0 Å². The lowest BCUT2D eigenvalue weighted by Gasteiger charge is -2.12. The second-order valence-corrected chi connectivity index (χ2v) is 55.7. The van der Waals surface area contributed by atoms with E-state index in [0.29, 0.717) is 0 Å². The van der Waals surface area contributed by atoms with Crippen LogP contribution in [-0.4, -0.2) is 39.2 Å². The van der Waals surface area contributed by atoms with Crippen molar-refractivity contribution in [2.45, 2.75) is 171 Å². The van der Waals surface area contributed by atoms with Crippen molar-refractivity contribution in [3.63, 3.8) is 0 Å². The van der Waals surface area contributed by atoms with E-state index in [9.17, 15) is 0 Å². The molecule has 768 valence electrons. The van der Waals surface area contributed by atoms with Gasteiger partial charge in [-0.2, -0.15) is 0 Å². The Morgan fingerprint density at radius 1 is 0.174 bits per heavy atom. The molecule has 149 heavy (non-hydrogen) atoms. The summed E-state index contributed by atoms with van der Waals surface area (Å²) in [6.45, 7) is 57.6. The van der Waals surface area contributed by atoms with Crippen molar-refractivity contribution in [2.24, 2.45) is 0 Å². The molecule has 0 aliphatic heterocycles. The monoisotopic (exact) mass is 2540 g/mol. The lowest BCUT2D eigenvalue weighted by Crippen LogP contribution is -1.87. The van der Waals surface area contributed by atoms with E-state index in [2.05, 4.69) is 418 Å². The second-order valence-electron chi connectivity index (χ2n) is 28.5. The Hall–Kier alpha value is -5.25. The molecule has 14 aromatic rings. The van der Waals surface area contributed by atoms with Gasteiger partial charge in [-0.15, -0.1) is 47.0 Å². The second kappa shape index (κ2) is 74.9. The molecule has 0 aliphatic rings. The quantitative estimate of drug-likeness (QED) is 0.0337. The molecular weight excluding hydrogens is 2430 g/mol. The highest BCUT2D eigenvalue weighted by Gasteiger charge is 2.18. The van der Waals surface area contributed by atoms with Crippen molar-refractivity contribution < 1.29 is 9.47 Å². The zero-order chi connectivity index (χ0) is 107. The molecule has 0 unspecified atom stereocenters. The summed E-state index contributed by atoms with van der Waals surface area (Å²) in [7, 11) is 3.35. The molecule has 0 N–H and O–H groups in total. The highest BCUT2D eigenvalue weighted by molar-refractivity contribution is 9.10. The first-order chi connectivity index (χ1) is 72.6. The fraction of sp³-hybridized carbons (Fsp3) is 0.0667. The maximum atomic E-state index is 5.31. The predicted molar refractivity (Wildman–Crippen MR) is 709 cm³/mol. The number of halogens is 2. The van der Waals surface area contributed by atoms with Crippen LogP contribution in [0.3, 0.4) is 0 Å². The van der Waals surface area contributed by atoms with Gasteiger partial charge in [-0.1, -0.05) is 419 Å².